The molecule has 1 aromatic heterocycles. The van der Waals surface area contributed by atoms with Crippen LogP contribution in [0.3, 0.4) is 0 Å². The fourth-order valence-corrected chi connectivity index (χ4v) is 3.78. The summed E-state index contributed by atoms with van der Waals surface area (Å²) in [6.07, 6.45) is 4.46. The Hall–Kier alpha value is -2.03. The summed E-state index contributed by atoms with van der Waals surface area (Å²) in [5, 5.41) is 0. The maximum absolute atomic E-state index is 13.0. The van der Waals surface area contributed by atoms with Crippen molar-refractivity contribution < 1.29 is 23.8 Å². The molecule has 1 amide bonds. The number of morpholine rings is 2. The molecule has 0 radical (unpaired) electrons. The van der Waals surface area contributed by atoms with Gasteiger partial charge in [0.25, 0.3) is 0 Å². The molecule has 2 atom stereocenters. The fourth-order valence-electron chi connectivity index (χ4n) is 3.78. The van der Waals surface area contributed by atoms with Gasteiger partial charge >= 0.3 is 5.97 Å². The smallest absolute Gasteiger partial charge is 0.305 e. The first-order chi connectivity index (χ1) is 13.7. The highest BCUT2D eigenvalue weighted by atomic mass is 16.5. The number of hydrogen-bond donors (Lipinski definition) is 0. The van der Waals surface area contributed by atoms with E-state index < -0.39 is 0 Å². The van der Waals surface area contributed by atoms with Crippen molar-refractivity contribution in [3.8, 4) is 0 Å². The number of esters is 1. The second kappa shape index (κ2) is 10.5. The van der Waals surface area contributed by atoms with Gasteiger partial charge in [0, 0.05) is 51.4 Å². The standard InChI is InChI=1S/C20H29N3O5/c1-26-19(25)6-2-5-18(24)23-10-13-28-17(15-22-8-11-27-12-9-22)20(23)16-4-3-7-21-14-16/h3-4,7,14,17,20H,2,5-6,8-13,15H2,1H3/t17-,20-/m0/s1. The third-order valence-corrected chi connectivity index (χ3v) is 5.24. The first-order valence-electron chi connectivity index (χ1n) is 9.87. The Kier molecular flexibility index (Phi) is 7.76. The molecule has 0 aliphatic carbocycles. The maximum Gasteiger partial charge on any atom is 0.305 e. The van der Waals surface area contributed by atoms with Crippen LogP contribution in [0, 0.1) is 0 Å². The lowest BCUT2D eigenvalue weighted by Gasteiger charge is -2.43. The van der Waals surface area contributed by atoms with Gasteiger partial charge in [-0.3, -0.25) is 19.5 Å². The van der Waals surface area contributed by atoms with Gasteiger partial charge in [-0.15, -0.1) is 0 Å². The van der Waals surface area contributed by atoms with E-state index in [-0.39, 0.29) is 30.4 Å². The van der Waals surface area contributed by atoms with Gasteiger partial charge in [-0.25, -0.2) is 0 Å². The Morgan fingerprint density at radius 3 is 2.75 bits per heavy atom. The molecule has 154 valence electrons. The van der Waals surface area contributed by atoms with Crippen molar-refractivity contribution in [1.82, 2.24) is 14.8 Å². The van der Waals surface area contributed by atoms with E-state index in [0.29, 0.717) is 26.0 Å². The fraction of sp³-hybridized carbons (Fsp3) is 0.650. The average Bonchev–Trinajstić information content (AvgIpc) is 2.74. The Morgan fingerprint density at radius 2 is 2.04 bits per heavy atom. The summed E-state index contributed by atoms with van der Waals surface area (Å²) in [6, 6.07) is 3.69. The van der Waals surface area contributed by atoms with Crippen LogP contribution in [0.25, 0.3) is 0 Å². The number of methoxy groups -OCH3 is 1. The van der Waals surface area contributed by atoms with Gasteiger partial charge < -0.3 is 19.1 Å². The van der Waals surface area contributed by atoms with E-state index in [9.17, 15) is 9.59 Å². The van der Waals surface area contributed by atoms with Gasteiger partial charge in [0.15, 0.2) is 0 Å². The number of carbonyl (C=O) groups is 2. The van der Waals surface area contributed by atoms with E-state index in [1.807, 2.05) is 17.0 Å². The van der Waals surface area contributed by atoms with Crippen molar-refractivity contribution in [2.45, 2.75) is 31.4 Å². The van der Waals surface area contributed by atoms with Crippen molar-refractivity contribution >= 4 is 11.9 Å². The molecule has 0 bridgehead atoms. The van der Waals surface area contributed by atoms with Gasteiger partial charge in [-0.1, -0.05) is 6.07 Å². The van der Waals surface area contributed by atoms with E-state index in [4.69, 9.17) is 9.47 Å². The van der Waals surface area contributed by atoms with Crippen LogP contribution >= 0.6 is 0 Å². The maximum atomic E-state index is 13.0. The number of hydrogen-bond acceptors (Lipinski definition) is 7. The number of aromatic nitrogens is 1. The average molecular weight is 391 g/mol. The zero-order valence-electron chi connectivity index (χ0n) is 16.4. The summed E-state index contributed by atoms with van der Waals surface area (Å²) in [7, 11) is 1.36. The topological polar surface area (TPSA) is 81.2 Å². The molecule has 2 aliphatic heterocycles. The van der Waals surface area contributed by atoms with Crippen molar-refractivity contribution in [1.29, 1.82) is 0 Å². The number of rotatable bonds is 7. The minimum Gasteiger partial charge on any atom is -0.469 e. The molecule has 8 heteroatoms. The van der Waals surface area contributed by atoms with Gasteiger partial charge in [0.1, 0.15) is 0 Å². The molecule has 2 saturated heterocycles. The normalized spacial score (nSPS) is 23.4. The molecular formula is C20H29N3O5. The summed E-state index contributed by atoms with van der Waals surface area (Å²) in [5.74, 6) is -0.253. The lowest BCUT2D eigenvalue weighted by atomic mass is 9.98. The number of carbonyl (C=O) groups excluding carboxylic acids is 2. The highest BCUT2D eigenvalue weighted by molar-refractivity contribution is 5.78. The molecule has 0 saturated carbocycles. The lowest BCUT2D eigenvalue weighted by Crippen LogP contribution is -2.53. The summed E-state index contributed by atoms with van der Waals surface area (Å²) >= 11 is 0. The third-order valence-electron chi connectivity index (χ3n) is 5.24. The van der Waals surface area contributed by atoms with Crippen LogP contribution in [0.4, 0.5) is 0 Å². The number of pyridine rings is 1. The SMILES string of the molecule is COC(=O)CCCC(=O)N1CCO[C@@H](CN2CCOCC2)[C@@H]1c1cccnc1. The van der Waals surface area contributed by atoms with E-state index in [1.165, 1.54) is 7.11 Å². The van der Waals surface area contributed by atoms with E-state index in [1.54, 1.807) is 12.4 Å². The summed E-state index contributed by atoms with van der Waals surface area (Å²) < 4.78 is 16.2. The Labute approximate surface area is 165 Å². The summed E-state index contributed by atoms with van der Waals surface area (Å²) in [6.45, 7) is 4.97. The number of ether oxygens (including phenoxy) is 3. The quantitative estimate of drug-likeness (QED) is 0.642. The molecule has 8 nitrogen and oxygen atoms in total. The van der Waals surface area contributed by atoms with Crippen LogP contribution in [0.5, 0.6) is 0 Å². The van der Waals surface area contributed by atoms with Crippen LogP contribution in [0.1, 0.15) is 30.9 Å². The Balaban J connectivity index is 1.71. The number of nitrogens with zero attached hydrogens (tertiary/aromatic N) is 3. The Bertz CT molecular complexity index is 636. The summed E-state index contributed by atoms with van der Waals surface area (Å²) in [5.41, 5.74) is 0.974. The zero-order chi connectivity index (χ0) is 19.8. The summed E-state index contributed by atoms with van der Waals surface area (Å²) in [4.78, 5) is 32.7. The molecule has 1 aromatic rings. The second-order valence-corrected chi connectivity index (χ2v) is 7.07. The molecular weight excluding hydrogens is 362 g/mol. The van der Waals surface area contributed by atoms with E-state index >= 15 is 0 Å². The highest BCUT2D eigenvalue weighted by Gasteiger charge is 2.37. The van der Waals surface area contributed by atoms with Gasteiger partial charge in [-0.05, 0) is 18.1 Å². The van der Waals surface area contributed by atoms with E-state index in [2.05, 4.69) is 14.6 Å². The molecule has 3 heterocycles. The third kappa shape index (κ3) is 5.50. The molecule has 0 spiro atoms. The monoisotopic (exact) mass is 391 g/mol. The van der Waals surface area contributed by atoms with Crippen molar-refractivity contribution in [2.24, 2.45) is 0 Å². The Morgan fingerprint density at radius 1 is 1.21 bits per heavy atom. The number of amides is 1. The van der Waals surface area contributed by atoms with Crippen LogP contribution < -0.4 is 0 Å². The largest absolute Gasteiger partial charge is 0.469 e. The highest BCUT2D eigenvalue weighted by Crippen LogP contribution is 2.31. The molecule has 2 aliphatic rings. The predicted molar refractivity (Wildman–Crippen MR) is 102 cm³/mol. The van der Waals surface area contributed by atoms with Crippen molar-refractivity contribution in [3.05, 3.63) is 30.1 Å². The molecule has 3 rings (SSSR count). The predicted octanol–water partition coefficient (Wildman–Crippen LogP) is 1.03. The molecule has 0 unspecified atom stereocenters. The minimum atomic E-state index is -0.288. The van der Waals surface area contributed by atoms with E-state index in [0.717, 1.165) is 38.4 Å². The van der Waals surface area contributed by atoms with Crippen LogP contribution in [-0.2, 0) is 23.8 Å². The first kappa shape index (κ1) is 20.7. The lowest BCUT2D eigenvalue weighted by molar-refractivity contribution is -0.149. The zero-order valence-corrected chi connectivity index (χ0v) is 16.4. The molecule has 0 N–H and O–H groups in total. The van der Waals surface area contributed by atoms with Gasteiger partial charge in [0.05, 0.1) is 39.1 Å². The van der Waals surface area contributed by atoms with Crippen molar-refractivity contribution in [3.63, 3.8) is 0 Å². The molecule has 0 aromatic carbocycles. The molecule has 2 fully saturated rings. The van der Waals surface area contributed by atoms with Crippen LogP contribution in [-0.4, -0.2) is 85.9 Å². The van der Waals surface area contributed by atoms with Crippen molar-refractivity contribution in [2.75, 3.05) is 53.1 Å². The van der Waals surface area contributed by atoms with Crippen LogP contribution in [0.15, 0.2) is 24.5 Å². The van der Waals surface area contributed by atoms with Gasteiger partial charge in [0.2, 0.25) is 5.91 Å². The molecule has 28 heavy (non-hydrogen) atoms. The van der Waals surface area contributed by atoms with Crippen LogP contribution in [0.2, 0.25) is 0 Å². The minimum absolute atomic E-state index is 0.0352. The van der Waals surface area contributed by atoms with Gasteiger partial charge in [-0.2, -0.15) is 0 Å². The first-order valence-corrected chi connectivity index (χ1v) is 9.87. The second-order valence-electron chi connectivity index (χ2n) is 7.07.